The average molecular weight is 522 g/mol. The molecule has 0 N–H and O–H groups in total. The van der Waals surface area contributed by atoms with Crippen molar-refractivity contribution >= 4 is 20.8 Å². The Hall–Kier alpha value is 1.22. The fourth-order valence-corrected chi connectivity index (χ4v) is 2.53. The zero-order valence-corrected chi connectivity index (χ0v) is 16.3. The van der Waals surface area contributed by atoms with Gasteiger partial charge in [-0.2, -0.15) is 16.8 Å². The summed E-state index contributed by atoms with van der Waals surface area (Å²) >= 11 is 0. The van der Waals surface area contributed by atoms with Crippen LogP contribution in [0.2, 0.25) is 0 Å². The number of hydrogen-bond donors (Lipinski definition) is 0. The third kappa shape index (κ3) is 15.6. The van der Waals surface area contributed by atoms with E-state index in [1.54, 1.807) is 0 Å². The van der Waals surface area contributed by atoms with E-state index in [1.807, 2.05) is 0 Å². The summed E-state index contributed by atoms with van der Waals surface area (Å²) in [7, 11) is -9.22. The summed E-state index contributed by atoms with van der Waals surface area (Å²) in [5, 5.41) is 0. The van der Waals surface area contributed by atoms with Crippen LogP contribution in [0.3, 0.4) is 0 Å². The number of rotatable bonds is 5. The molecule has 2 radical (unpaired) electrons. The average Bonchev–Trinajstić information content (AvgIpc) is 1.91. The van der Waals surface area contributed by atoms with Crippen LogP contribution in [-0.2, 0) is 82.6 Å². The Morgan fingerprint density at radius 3 is 0.950 bits per heavy atom. The van der Waals surface area contributed by atoms with Crippen LogP contribution in [0.1, 0.15) is 41.5 Å². The molecule has 12 heteroatoms. The van der Waals surface area contributed by atoms with Gasteiger partial charge in [-0.1, -0.05) is 8.67 Å². The summed E-state index contributed by atoms with van der Waals surface area (Å²) in [5.74, 6) is 0. The topological polar surface area (TPSA) is 105 Å². The van der Waals surface area contributed by atoms with Crippen molar-refractivity contribution in [3.05, 3.63) is 0 Å². The van der Waals surface area contributed by atoms with Crippen LogP contribution in [0.25, 0.3) is 0 Å². The summed E-state index contributed by atoms with van der Waals surface area (Å²) in [6.07, 6.45) is 0. The molecule has 0 aromatic heterocycles. The van der Waals surface area contributed by atoms with Gasteiger partial charge in [-0.15, -0.1) is 0 Å². The molecule has 0 fully saturated rings. The van der Waals surface area contributed by atoms with Crippen LogP contribution >= 0.6 is 0 Å². The smallest absolute Gasteiger partial charge is 0.241 e. The first kappa shape index (κ1) is 26.1. The SMILES string of the molecule is CC(C)(C)OS(=O)(=O)OOS(=O)(=O)OC(C)(C)C.[Ag].[Ag]. The maximum atomic E-state index is 11.2. The molecule has 0 aromatic rings. The Morgan fingerprint density at radius 2 is 0.800 bits per heavy atom. The van der Waals surface area contributed by atoms with E-state index in [0.717, 1.165) is 0 Å². The van der Waals surface area contributed by atoms with Gasteiger partial charge in [0.1, 0.15) is 0 Å². The van der Waals surface area contributed by atoms with Gasteiger partial charge < -0.3 is 0 Å². The van der Waals surface area contributed by atoms with Crippen molar-refractivity contribution < 1.29 is 78.6 Å². The quantitative estimate of drug-likeness (QED) is 0.300. The Morgan fingerprint density at radius 1 is 0.600 bits per heavy atom. The minimum absolute atomic E-state index is 0. The third-order valence-electron chi connectivity index (χ3n) is 0.899. The van der Waals surface area contributed by atoms with Gasteiger partial charge in [0.05, 0.1) is 11.2 Å². The van der Waals surface area contributed by atoms with E-state index < -0.39 is 32.0 Å². The van der Waals surface area contributed by atoms with E-state index >= 15 is 0 Å². The van der Waals surface area contributed by atoms with Gasteiger partial charge in [0, 0.05) is 44.8 Å². The maximum absolute atomic E-state index is 11.2. The van der Waals surface area contributed by atoms with Crippen LogP contribution in [0.4, 0.5) is 0 Å². The monoisotopic (exact) mass is 520 g/mol. The molecule has 0 aliphatic rings. The predicted octanol–water partition coefficient (Wildman–Crippen LogP) is 1.05. The maximum Gasteiger partial charge on any atom is 0.428 e. The Kier molecular flexibility index (Phi) is 11.4. The normalized spacial score (nSPS) is 13.3. The standard InChI is InChI=1S/C8H18O8S2.2Ag/c1-7(2,3)13-17(9,10)15-16-18(11,12)14-8(4,5)6;;/h1-6H3;;. The fraction of sp³-hybridized carbons (Fsp3) is 1.00. The second-order valence-electron chi connectivity index (χ2n) is 5.34. The molecular weight excluding hydrogens is 504 g/mol. The molecule has 20 heavy (non-hydrogen) atoms. The molecule has 0 unspecified atom stereocenters. The van der Waals surface area contributed by atoms with E-state index in [9.17, 15) is 16.8 Å². The van der Waals surface area contributed by atoms with Gasteiger partial charge in [0.25, 0.3) is 0 Å². The van der Waals surface area contributed by atoms with Crippen molar-refractivity contribution in [3.8, 4) is 0 Å². The molecule has 0 heterocycles. The third-order valence-corrected chi connectivity index (χ3v) is 2.86. The van der Waals surface area contributed by atoms with Crippen molar-refractivity contribution in [1.29, 1.82) is 0 Å². The van der Waals surface area contributed by atoms with Crippen molar-refractivity contribution in [2.75, 3.05) is 0 Å². The van der Waals surface area contributed by atoms with Gasteiger partial charge in [0.2, 0.25) is 0 Å². The summed E-state index contributed by atoms with van der Waals surface area (Å²) in [5.41, 5.74) is -2.17. The van der Waals surface area contributed by atoms with E-state index in [0.29, 0.717) is 0 Å². The molecule has 0 aromatic carbocycles. The van der Waals surface area contributed by atoms with Crippen LogP contribution in [0.15, 0.2) is 0 Å². The van der Waals surface area contributed by atoms with Crippen LogP contribution < -0.4 is 0 Å². The molecule has 8 nitrogen and oxygen atoms in total. The van der Waals surface area contributed by atoms with E-state index in [1.165, 1.54) is 41.5 Å². The molecule has 0 amide bonds. The number of hydrogen-bond acceptors (Lipinski definition) is 8. The van der Waals surface area contributed by atoms with Crippen molar-refractivity contribution in [3.63, 3.8) is 0 Å². The first-order chi connectivity index (χ1) is 7.62. The second kappa shape index (κ2) is 8.75. The molecule has 0 bridgehead atoms. The molecule has 0 aliphatic heterocycles. The molecular formula is C8H18Ag2O8S2. The van der Waals surface area contributed by atoms with E-state index in [2.05, 4.69) is 17.0 Å². The first-order valence-corrected chi connectivity index (χ1v) is 7.57. The molecule has 132 valence electrons. The molecule has 0 atom stereocenters. The van der Waals surface area contributed by atoms with Crippen LogP contribution in [0, 0.1) is 0 Å². The minimum Gasteiger partial charge on any atom is -0.241 e. The van der Waals surface area contributed by atoms with Crippen molar-refractivity contribution in [1.82, 2.24) is 0 Å². The predicted molar refractivity (Wildman–Crippen MR) is 61.7 cm³/mol. The summed E-state index contributed by atoms with van der Waals surface area (Å²) < 4.78 is 61.1. The molecule has 0 rings (SSSR count). The van der Waals surface area contributed by atoms with Crippen molar-refractivity contribution in [2.45, 2.75) is 52.7 Å². The van der Waals surface area contributed by atoms with Crippen LogP contribution in [0.5, 0.6) is 0 Å². The van der Waals surface area contributed by atoms with Gasteiger partial charge in [-0.25, -0.2) is 8.37 Å². The van der Waals surface area contributed by atoms with Gasteiger partial charge >= 0.3 is 20.8 Å². The zero-order valence-electron chi connectivity index (χ0n) is 11.7. The first-order valence-electron chi connectivity index (χ1n) is 4.91. The second-order valence-corrected chi connectivity index (χ2v) is 7.58. The largest absolute Gasteiger partial charge is 0.428 e. The summed E-state index contributed by atoms with van der Waals surface area (Å²) in [4.78, 5) is 0. The van der Waals surface area contributed by atoms with Crippen molar-refractivity contribution in [2.24, 2.45) is 0 Å². The van der Waals surface area contributed by atoms with E-state index in [-0.39, 0.29) is 44.8 Å². The molecule has 0 aliphatic carbocycles. The fourth-order valence-electron chi connectivity index (χ4n) is 0.708. The molecule has 0 saturated heterocycles. The summed E-state index contributed by atoms with van der Waals surface area (Å²) in [6.45, 7) is 8.63. The Bertz CT molecular complexity index is 426. The minimum atomic E-state index is -4.61. The van der Waals surface area contributed by atoms with Crippen LogP contribution in [-0.4, -0.2) is 28.0 Å². The Balaban J connectivity index is -0.00000144. The molecule has 0 spiro atoms. The van der Waals surface area contributed by atoms with E-state index in [4.69, 9.17) is 0 Å². The summed E-state index contributed by atoms with van der Waals surface area (Å²) in [6, 6.07) is 0. The van der Waals surface area contributed by atoms with Gasteiger partial charge in [-0.3, -0.25) is 0 Å². The zero-order chi connectivity index (χ0) is 14.8. The van der Waals surface area contributed by atoms with Gasteiger partial charge in [0.15, 0.2) is 0 Å². The molecule has 0 saturated carbocycles. The van der Waals surface area contributed by atoms with Gasteiger partial charge in [-0.05, 0) is 41.5 Å². The Labute approximate surface area is 151 Å².